The molecule has 0 saturated carbocycles. The Bertz CT molecular complexity index is 505. The molecule has 1 saturated heterocycles. The molecule has 1 aliphatic rings. The third kappa shape index (κ3) is 6.06. The molecule has 2 rings (SSSR count). The maximum Gasteiger partial charge on any atom is 0.191 e. The summed E-state index contributed by atoms with van der Waals surface area (Å²) in [5.41, 5.74) is 0. The molecule has 1 aromatic heterocycles. The number of piperidine rings is 1. The smallest absolute Gasteiger partial charge is 0.191 e. The fourth-order valence-electron chi connectivity index (χ4n) is 2.98. The van der Waals surface area contributed by atoms with Crippen LogP contribution in [0.1, 0.15) is 43.5 Å². The van der Waals surface area contributed by atoms with E-state index in [1.807, 2.05) is 24.6 Å². The van der Waals surface area contributed by atoms with Crippen LogP contribution in [0.5, 0.6) is 0 Å². The van der Waals surface area contributed by atoms with Crippen molar-refractivity contribution in [1.82, 2.24) is 20.5 Å². The second kappa shape index (κ2) is 9.99. The van der Waals surface area contributed by atoms with Gasteiger partial charge in [0.15, 0.2) is 5.96 Å². The average molecular weight is 352 g/mol. The summed E-state index contributed by atoms with van der Waals surface area (Å²) in [5, 5.41) is 8.06. The molecule has 5 nitrogen and oxygen atoms in total. The number of likely N-dealkylation sites (tertiary alicyclic amines) is 1. The van der Waals surface area contributed by atoms with Crippen LogP contribution in [0.25, 0.3) is 0 Å². The molecule has 0 amide bonds. The summed E-state index contributed by atoms with van der Waals surface area (Å²) in [6, 6.07) is 0.544. The van der Waals surface area contributed by atoms with Crippen molar-refractivity contribution in [1.29, 1.82) is 0 Å². The summed E-state index contributed by atoms with van der Waals surface area (Å²) in [7, 11) is 1.83. The Morgan fingerprint density at radius 2 is 2.17 bits per heavy atom. The van der Waals surface area contributed by atoms with Crippen molar-refractivity contribution in [2.75, 3.05) is 33.2 Å². The molecule has 1 aromatic rings. The van der Waals surface area contributed by atoms with Crippen molar-refractivity contribution in [2.45, 2.75) is 52.5 Å². The van der Waals surface area contributed by atoms with E-state index in [2.05, 4.69) is 46.3 Å². The number of guanidine groups is 1. The van der Waals surface area contributed by atoms with Crippen LogP contribution in [0.2, 0.25) is 0 Å². The standard InChI is InChI=1S/C18H33N5S/c1-5-16-13-21-17(24-16)6-9-20-18(19-4)22-12-15(3)23-10-7-14(2)8-11-23/h13-15H,5-12H2,1-4H3,(H2,19,20,22). The Balaban J connectivity index is 1.66. The van der Waals surface area contributed by atoms with E-state index in [1.54, 1.807) is 0 Å². The third-order valence-corrected chi connectivity index (χ3v) is 6.01. The monoisotopic (exact) mass is 351 g/mol. The van der Waals surface area contributed by atoms with Gasteiger partial charge in [-0.05, 0) is 45.2 Å². The molecule has 0 aliphatic carbocycles. The SMILES string of the molecule is CCc1cnc(CCNC(=NC)NCC(C)N2CCC(C)CC2)s1. The van der Waals surface area contributed by atoms with Crippen molar-refractivity contribution in [3.63, 3.8) is 0 Å². The number of nitrogens with zero attached hydrogens (tertiary/aromatic N) is 3. The van der Waals surface area contributed by atoms with Crippen LogP contribution in [-0.4, -0.2) is 55.1 Å². The normalized spacial score (nSPS) is 18.6. The lowest BCUT2D eigenvalue weighted by Crippen LogP contribution is -2.48. The van der Waals surface area contributed by atoms with Crippen molar-refractivity contribution < 1.29 is 0 Å². The number of thiazole rings is 1. The Morgan fingerprint density at radius 3 is 2.79 bits per heavy atom. The Morgan fingerprint density at radius 1 is 1.42 bits per heavy atom. The zero-order valence-electron chi connectivity index (χ0n) is 15.6. The van der Waals surface area contributed by atoms with Gasteiger partial charge in [-0.25, -0.2) is 4.98 Å². The topological polar surface area (TPSA) is 52.6 Å². The molecule has 24 heavy (non-hydrogen) atoms. The Hall–Kier alpha value is -1.14. The second-order valence-electron chi connectivity index (χ2n) is 6.77. The van der Waals surface area contributed by atoms with Gasteiger partial charge >= 0.3 is 0 Å². The van der Waals surface area contributed by atoms with Crippen LogP contribution >= 0.6 is 11.3 Å². The first-order valence-corrected chi connectivity index (χ1v) is 10.1. The van der Waals surface area contributed by atoms with Crippen LogP contribution < -0.4 is 10.6 Å². The van der Waals surface area contributed by atoms with E-state index >= 15 is 0 Å². The van der Waals surface area contributed by atoms with E-state index in [1.165, 1.54) is 35.8 Å². The highest BCUT2D eigenvalue weighted by Crippen LogP contribution is 2.17. The van der Waals surface area contributed by atoms with E-state index in [4.69, 9.17) is 0 Å². The van der Waals surface area contributed by atoms with Crippen molar-refractivity contribution in [2.24, 2.45) is 10.9 Å². The van der Waals surface area contributed by atoms with E-state index in [9.17, 15) is 0 Å². The van der Waals surface area contributed by atoms with Gasteiger partial charge in [0.05, 0.1) is 5.01 Å². The molecule has 0 bridgehead atoms. The van der Waals surface area contributed by atoms with Gasteiger partial charge in [-0.3, -0.25) is 9.89 Å². The molecule has 0 spiro atoms. The van der Waals surface area contributed by atoms with Crippen LogP contribution in [0.3, 0.4) is 0 Å². The molecular formula is C18H33N5S. The largest absolute Gasteiger partial charge is 0.356 e. The number of aliphatic imine (C=N–C) groups is 1. The maximum absolute atomic E-state index is 4.46. The third-order valence-electron chi connectivity index (χ3n) is 4.81. The lowest BCUT2D eigenvalue weighted by molar-refractivity contribution is 0.147. The van der Waals surface area contributed by atoms with Crippen LogP contribution in [-0.2, 0) is 12.8 Å². The van der Waals surface area contributed by atoms with E-state index in [0.29, 0.717) is 6.04 Å². The van der Waals surface area contributed by atoms with Gasteiger partial charge in [-0.1, -0.05) is 13.8 Å². The molecule has 1 unspecified atom stereocenters. The minimum Gasteiger partial charge on any atom is -0.356 e. The summed E-state index contributed by atoms with van der Waals surface area (Å²) >= 11 is 1.81. The molecule has 6 heteroatoms. The van der Waals surface area contributed by atoms with E-state index in [-0.39, 0.29) is 0 Å². The van der Waals surface area contributed by atoms with Crippen molar-refractivity contribution >= 4 is 17.3 Å². The molecule has 0 aromatic carbocycles. The number of aryl methyl sites for hydroxylation is 1. The highest BCUT2D eigenvalue weighted by Gasteiger charge is 2.20. The lowest BCUT2D eigenvalue weighted by atomic mass is 9.98. The number of rotatable bonds is 7. The van der Waals surface area contributed by atoms with Gasteiger partial charge in [-0.2, -0.15) is 0 Å². The van der Waals surface area contributed by atoms with Crippen LogP contribution in [0.15, 0.2) is 11.2 Å². The van der Waals surface area contributed by atoms with Crippen molar-refractivity contribution in [3.8, 4) is 0 Å². The summed E-state index contributed by atoms with van der Waals surface area (Å²) < 4.78 is 0. The van der Waals surface area contributed by atoms with Gasteiger partial charge in [0, 0.05) is 43.7 Å². The molecule has 2 N–H and O–H groups in total. The molecular weight excluding hydrogens is 318 g/mol. The molecule has 1 aliphatic heterocycles. The molecule has 1 fully saturated rings. The minimum absolute atomic E-state index is 0.544. The fourth-order valence-corrected chi connectivity index (χ4v) is 3.84. The predicted molar refractivity (Wildman–Crippen MR) is 104 cm³/mol. The Labute approximate surface area is 151 Å². The van der Waals surface area contributed by atoms with Gasteiger partial charge < -0.3 is 10.6 Å². The lowest BCUT2D eigenvalue weighted by Gasteiger charge is -2.35. The van der Waals surface area contributed by atoms with Crippen LogP contribution in [0, 0.1) is 5.92 Å². The second-order valence-corrected chi connectivity index (χ2v) is 7.97. The van der Waals surface area contributed by atoms with Gasteiger partial charge in [-0.15, -0.1) is 11.3 Å². The summed E-state index contributed by atoms with van der Waals surface area (Å²) in [6.45, 7) is 11.1. The predicted octanol–water partition coefficient (Wildman–Crippen LogP) is 2.53. The highest BCUT2D eigenvalue weighted by atomic mass is 32.1. The van der Waals surface area contributed by atoms with E-state index < -0.39 is 0 Å². The average Bonchev–Trinajstić information content (AvgIpc) is 3.06. The first-order valence-electron chi connectivity index (χ1n) is 9.24. The molecule has 1 atom stereocenters. The summed E-state index contributed by atoms with van der Waals surface area (Å²) in [4.78, 5) is 12.7. The summed E-state index contributed by atoms with van der Waals surface area (Å²) in [5.74, 6) is 1.77. The quantitative estimate of drug-likeness (QED) is 0.585. The van der Waals surface area contributed by atoms with Gasteiger partial charge in [0.1, 0.15) is 0 Å². The molecule has 2 heterocycles. The fraction of sp³-hybridized carbons (Fsp3) is 0.778. The highest BCUT2D eigenvalue weighted by molar-refractivity contribution is 7.11. The zero-order valence-corrected chi connectivity index (χ0v) is 16.5. The molecule has 136 valence electrons. The number of nitrogens with one attached hydrogen (secondary N) is 2. The summed E-state index contributed by atoms with van der Waals surface area (Å²) in [6.07, 6.45) is 6.66. The van der Waals surface area contributed by atoms with Crippen molar-refractivity contribution in [3.05, 3.63) is 16.1 Å². The Kier molecular flexibility index (Phi) is 7.99. The molecule has 0 radical (unpaired) electrons. The van der Waals surface area contributed by atoms with Crippen LogP contribution in [0.4, 0.5) is 0 Å². The maximum atomic E-state index is 4.46. The minimum atomic E-state index is 0.544. The van der Waals surface area contributed by atoms with E-state index in [0.717, 1.165) is 37.8 Å². The first-order chi connectivity index (χ1) is 11.6. The number of aromatic nitrogens is 1. The number of hydrogen-bond donors (Lipinski definition) is 2. The van der Waals surface area contributed by atoms with Gasteiger partial charge in [0.2, 0.25) is 0 Å². The zero-order chi connectivity index (χ0) is 17.4. The number of hydrogen-bond acceptors (Lipinski definition) is 4. The first kappa shape index (κ1) is 19.2. The van der Waals surface area contributed by atoms with Gasteiger partial charge in [0.25, 0.3) is 0 Å².